The molecule has 1 rings (SSSR count). The highest BCUT2D eigenvalue weighted by Crippen LogP contribution is 2.16. The highest BCUT2D eigenvalue weighted by atomic mass is 32.2. The quantitative estimate of drug-likeness (QED) is 0.773. The van der Waals surface area contributed by atoms with Crippen LogP contribution in [0.3, 0.4) is 0 Å². The first kappa shape index (κ1) is 17.8. The van der Waals surface area contributed by atoms with E-state index in [1.807, 2.05) is 20.1 Å². The summed E-state index contributed by atoms with van der Waals surface area (Å²) in [5.74, 6) is 0.751. The van der Waals surface area contributed by atoms with E-state index >= 15 is 0 Å². The first-order valence-corrected chi connectivity index (χ1v) is 8.70. The summed E-state index contributed by atoms with van der Waals surface area (Å²) in [6.45, 7) is 9.63. The highest BCUT2D eigenvalue weighted by molar-refractivity contribution is 7.99. The lowest BCUT2D eigenvalue weighted by Crippen LogP contribution is -2.31. The van der Waals surface area contributed by atoms with Gasteiger partial charge < -0.3 is 10.6 Å². The number of carbonyl (C=O) groups excluding carboxylic acids is 1. The van der Waals surface area contributed by atoms with Gasteiger partial charge >= 0.3 is 0 Å². The molecule has 1 unspecified atom stereocenters. The van der Waals surface area contributed by atoms with Crippen LogP contribution in [0.4, 0.5) is 5.69 Å². The fraction of sp³-hybridized carbons (Fsp3) is 0.667. The Kier molecular flexibility index (Phi) is 7.50. The molecule has 5 nitrogen and oxygen atoms in total. The minimum absolute atomic E-state index is 0.140. The van der Waals surface area contributed by atoms with Gasteiger partial charge in [0.25, 0.3) is 5.91 Å². The molecule has 0 radical (unpaired) electrons. The standard InChI is InChI=1S/C15H26N4OS/c1-6-7-16-12-9-17-14(10(2)3)19-13(12)15(20)18-8-11(4)21-5/h9-11,16H,6-8H2,1-5H3,(H,18,20). The van der Waals surface area contributed by atoms with Crippen molar-refractivity contribution >= 4 is 23.4 Å². The van der Waals surface area contributed by atoms with Crippen molar-refractivity contribution in [2.75, 3.05) is 24.7 Å². The molecule has 0 aliphatic carbocycles. The smallest absolute Gasteiger partial charge is 0.272 e. The van der Waals surface area contributed by atoms with Gasteiger partial charge in [-0.2, -0.15) is 11.8 Å². The number of hydrogen-bond acceptors (Lipinski definition) is 5. The molecule has 0 spiro atoms. The molecular weight excluding hydrogens is 284 g/mol. The molecule has 1 heterocycles. The van der Waals surface area contributed by atoms with Crippen molar-refractivity contribution in [3.05, 3.63) is 17.7 Å². The van der Waals surface area contributed by atoms with Gasteiger partial charge in [-0.05, 0) is 12.7 Å². The van der Waals surface area contributed by atoms with Crippen LogP contribution >= 0.6 is 11.8 Å². The maximum absolute atomic E-state index is 12.4. The zero-order chi connectivity index (χ0) is 15.8. The Labute approximate surface area is 131 Å². The lowest BCUT2D eigenvalue weighted by molar-refractivity contribution is 0.0949. The maximum Gasteiger partial charge on any atom is 0.272 e. The van der Waals surface area contributed by atoms with Gasteiger partial charge in [-0.15, -0.1) is 0 Å². The molecule has 0 saturated carbocycles. The van der Waals surface area contributed by atoms with Gasteiger partial charge in [0, 0.05) is 24.3 Å². The number of aromatic nitrogens is 2. The predicted molar refractivity (Wildman–Crippen MR) is 90.2 cm³/mol. The molecule has 0 bridgehead atoms. The van der Waals surface area contributed by atoms with Crippen molar-refractivity contribution in [2.24, 2.45) is 0 Å². The summed E-state index contributed by atoms with van der Waals surface area (Å²) >= 11 is 1.72. The van der Waals surface area contributed by atoms with Gasteiger partial charge in [0.2, 0.25) is 0 Å². The molecule has 0 aliphatic rings. The van der Waals surface area contributed by atoms with Crippen molar-refractivity contribution in [1.82, 2.24) is 15.3 Å². The monoisotopic (exact) mass is 310 g/mol. The maximum atomic E-state index is 12.4. The average molecular weight is 310 g/mol. The average Bonchev–Trinajstić information content (AvgIpc) is 2.49. The van der Waals surface area contributed by atoms with Crippen LogP contribution in [-0.4, -0.2) is 40.5 Å². The van der Waals surface area contributed by atoms with Crippen LogP contribution in [-0.2, 0) is 0 Å². The molecule has 1 aromatic rings. The van der Waals surface area contributed by atoms with Crippen LogP contribution in [0.5, 0.6) is 0 Å². The number of nitrogens with zero attached hydrogens (tertiary/aromatic N) is 2. The largest absolute Gasteiger partial charge is 0.382 e. The Morgan fingerprint density at radius 3 is 2.67 bits per heavy atom. The predicted octanol–water partition coefficient (Wildman–Crippen LogP) is 2.90. The van der Waals surface area contributed by atoms with Crippen molar-refractivity contribution in [3.63, 3.8) is 0 Å². The van der Waals surface area contributed by atoms with Crippen LogP contribution in [0, 0.1) is 0 Å². The molecule has 6 heteroatoms. The molecule has 1 aromatic heterocycles. The molecule has 0 aliphatic heterocycles. The van der Waals surface area contributed by atoms with E-state index in [9.17, 15) is 4.79 Å². The van der Waals surface area contributed by atoms with Crippen molar-refractivity contribution < 1.29 is 4.79 Å². The van der Waals surface area contributed by atoms with E-state index in [0.717, 1.165) is 13.0 Å². The first-order chi connectivity index (χ1) is 9.99. The molecule has 1 amide bonds. The van der Waals surface area contributed by atoms with Gasteiger partial charge in [-0.1, -0.05) is 27.7 Å². The van der Waals surface area contributed by atoms with Crippen LogP contribution in [0.15, 0.2) is 6.20 Å². The summed E-state index contributed by atoms with van der Waals surface area (Å²) < 4.78 is 0. The third-order valence-electron chi connectivity index (χ3n) is 3.06. The van der Waals surface area contributed by atoms with Gasteiger partial charge in [0.05, 0.1) is 11.9 Å². The summed E-state index contributed by atoms with van der Waals surface area (Å²) in [5.41, 5.74) is 1.14. The lowest BCUT2D eigenvalue weighted by atomic mass is 10.2. The Morgan fingerprint density at radius 1 is 1.38 bits per heavy atom. The normalized spacial score (nSPS) is 12.3. The van der Waals surface area contributed by atoms with E-state index in [-0.39, 0.29) is 11.8 Å². The molecule has 118 valence electrons. The Hall–Kier alpha value is -1.30. The van der Waals surface area contributed by atoms with E-state index in [0.29, 0.717) is 29.0 Å². The Bertz CT molecular complexity index is 465. The van der Waals surface area contributed by atoms with E-state index in [1.165, 1.54) is 0 Å². The summed E-state index contributed by atoms with van der Waals surface area (Å²) in [6.07, 6.45) is 4.73. The number of amides is 1. The van der Waals surface area contributed by atoms with Crippen molar-refractivity contribution in [3.8, 4) is 0 Å². The second-order valence-electron chi connectivity index (χ2n) is 5.33. The summed E-state index contributed by atoms with van der Waals surface area (Å²) in [4.78, 5) is 21.1. The number of carbonyl (C=O) groups is 1. The second kappa shape index (κ2) is 8.87. The molecule has 0 aromatic carbocycles. The van der Waals surface area contributed by atoms with E-state index < -0.39 is 0 Å². The van der Waals surface area contributed by atoms with Crippen molar-refractivity contribution in [2.45, 2.75) is 45.3 Å². The first-order valence-electron chi connectivity index (χ1n) is 7.41. The van der Waals surface area contributed by atoms with Gasteiger partial charge in [-0.25, -0.2) is 9.97 Å². The molecule has 2 N–H and O–H groups in total. The molecule has 0 saturated heterocycles. The Morgan fingerprint density at radius 2 is 2.10 bits per heavy atom. The summed E-state index contributed by atoms with van der Waals surface area (Å²) in [5, 5.41) is 6.54. The van der Waals surface area contributed by atoms with Gasteiger partial charge in [0.15, 0.2) is 5.69 Å². The fourth-order valence-electron chi connectivity index (χ4n) is 1.64. The third kappa shape index (κ3) is 5.53. The van der Waals surface area contributed by atoms with E-state index in [1.54, 1.807) is 18.0 Å². The van der Waals surface area contributed by atoms with Crippen LogP contribution in [0.1, 0.15) is 56.3 Å². The fourth-order valence-corrected chi connectivity index (χ4v) is 1.89. The molecule has 21 heavy (non-hydrogen) atoms. The van der Waals surface area contributed by atoms with E-state index in [2.05, 4.69) is 34.4 Å². The highest BCUT2D eigenvalue weighted by Gasteiger charge is 2.16. The number of thioether (sulfide) groups is 1. The topological polar surface area (TPSA) is 66.9 Å². The van der Waals surface area contributed by atoms with Crippen LogP contribution < -0.4 is 10.6 Å². The Balaban J connectivity index is 2.93. The minimum atomic E-state index is -0.140. The minimum Gasteiger partial charge on any atom is -0.382 e. The summed E-state index contributed by atoms with van der Waals surface area (Å²) in [7, 11) is 0. The number of hydrogen-bond donors (Lipinski definition) is 2. The number of rotatable bonds is 8. The third-order valence-corrected chi connectivity index (χ3v) is 4.03. The van der Waals surface area contributed by atoms with E-state index in [4.69, 9.17) is 0 Å². The van der Waals surface area contributed by atoms with Crippen molar-refractivity contribution in [1.29, 1.82) is 0 Å². The van der Waals surface area contributed by atoms with Gasteiger partial charge in [-0.3, -0.25) is 4.79 Å². The zero-order valence-corrected chi connectivity index (χ0v) is 14.4. The number of anilines is 1. The molecular formula is C15H26N4OS. The zero-order valence-electron chi connectivity index (χ0n) is 13.6. The van der Waals surface area contributed by atoms with Crippen LogP contribution in [0.25, 0.3) is 0 Å². The lowest BCUT2D eigenvalue weighted by Gasteiger charge is -2.14. The molecule has 1 atom stereocenters. The SMILES string of the molecule is CCCNc1cnc(C(C)C)nc1C(=O)NCC(C)SC. The van der Waals surface area contributed by atoms with Gasteiger partial charge in [0.1, 0.15) is 5.82 Å². The second-order valence-corrected chi connectivity index (χ2v) is 6.60. The molecule has 0 fully saturated rings. The van der Waals surface area contributed by atoms with Crippen LogP contribution in [0.2, 0.25) is 0 Å². The summed E-state index contributed by atoms with van der Waals surface area (Å²) in [6, 6.07) is 0. The number of nitrogens with one attached hydrogen (secondary N) is 2.